The standard InChI is InChI=1S/C20H31N3O2/c1-21-20(22-12-5-15-24-16-17-8-9-17)23-13-10-19(11-14-23)25-18-6-3-2-4-7-18/h2-4,6-7,17,19H,5,8-16H2,1H3,(H,21,22). The summed E-state index contributed by atoms with van der Waals surface area (Å²) in [7, 11) is 1.86. The Hall–Kier alpha value is -1.75. The van der Waals surface area contributed by atoms with E-state index in [1.54, 1.807) is 0 Å². The van der Waals surface area contributed by atoms with Crippen molar-refractivity contribution in [3.8, 4) is 5.75 Å². The maximum Gasteiger partial charge on any atom is 0.193 e. The summed E-state index contributed by atoms with van der Waals surface area (Å²) in [6, 6.07) is 10.1. The largest absolute Gasteiger partial charge is 0.490 e. The zero-order valence-corrected chi connectivity index (χ0v) is 15.3. The van der Waals surface area contributed by atoms with Crippen LogP contribution in [0.1, 0.15) is 32.1 Å². The third-order valence-electron chi connectivity index (χ3n) is 4.80. The molecule has 1 saturated heterocycles. The zero-order chi connectivity index (χ0) is 17.3. The van der Waals surface area contributed by atoms with E-state index in [2.05, 4.69) is 15.2 Å². The smallest absolute Gasteiger partial charge is 0.193 e. The molecule has 0 radical (unpaired) electrons. The Morgan fingerprint density at radius 2 is 1.92 bits per heavy atom. The third-order valence-corrected chi connectivity index (χ3v) is 4.80. The maximum atomic E-state index is 6.06. The van der Waals surface area contributed by atoms with E-state index in [1.165, 1.54) is 12.8 Å². The Morgan fingerprint density at radius 1 is 1.16 bits per heavy atom. The van der Waals surface area contributed by atoms with Gasteiger partial charge in [0.1, 0.15) is 11.9 Å². The molecule has 5 heteroatoms. The van der Waals surface area contributed by atoms with Crippen LogP contribution in [0, 0.1) is 5.92 Å². The average molecular weight is 345 g/mol. The molecule has 1 N–H and O–H groups in total. The minimum absolute atomic E-state index is 0.299. The van der Waals surface area contributed by atoms with Gasteiger partial charge in [0.15, 0.2) is 5.96 Å². The summed E-state index contributed by atoms with van der Waals surface area (Å²) in [5, 5.41) is 3.46. The first kappa shape index (κ1) is 18.1. The second kappa shape index (κ2) is 9.66. The van der Waals surface area contributed by atoms with Gasteiger partial charge >= 0.3 is 0 Å². The summed E-state index contributed by atoms with van der Waals surface area (Å²) in [6.45, 7) is 4.67. The number of hydrogen-bond donors (Lipinski definition) is 1. The zero-order valence-electron chi connectivity index (χ0n) is 15.3. The second-order valence-electron chi connectivity index (χ2n) is 6.96. The minimum Gasteiger partial charge on any atom is -0.490 e. The van der Waals surface area contributed by atoms with Crippen molar-refractivity contribution < 1.29 is 9.47 Å². The van der Waals surface area contributed by atoms with E-state index in [1.807, 2.05) is 37.4 Å². The van der Waals surface area contributed by atoms with Crippen LogP contribution in [0.5, 0.6) is 5.75 Å². The van der Waals surface area contributed by atoms with Gasteiger partial charge < -0.3 is 19.7 Å². The van der Waals surface area contributed by atoms with E-state index in [4.69, 9.17) is 9.47 Å². The van der Waals surface area contributed by atoms with E-state index in [9.17, 15) is 0 Å². The van der Waals surface area contributed by atoms with Crippen LogP contribution in [0.15, 0.2) is 35.3 Å². The lowest BCUT2D eigenvalue weighted by molar-refractivity contribution is 0.121. The van der Waals surface area contributed by atoms with Gasteiger partial charge in [-0.2, -0.15) is 0 Å². The number of guanidine groups is 1. The van der Waals surface area contributed by atoms with Crippen molar-refractivity contribution >= 4 is 5.96 Å². The highest BCUT2D eigenvalue weighted by atomic mass is 16.5. The van der Waals surface area contributed by atoms with Crippen LogP contribution in [-0.4, -0.2) is 56.9 Å². The third kappa shape index (κ3) is 6.24. The van der Waals surface area contributed by atoms with Gasteiger partial charge in [-0.15, -0.1) is 0 Å². The highest BCUT2D eigenvalue weighted by Crippen LogP contribution is 2.28. The molecule has 1 heterocycles. The lowest BCUT2D eigenvalue weighted by Crippen LogP contribution is -2.47. The minimum atomic E-state index is 0.299. The Morgan fingerprint density at radius 3 is 2.60 bits per heavy atom. The molecule has 1 saturated carbocycles. The van der Waals surface area contributed by atoms with Crippen LogP contribution < -0.4 is 10.1 Å². The van der Waals surface area contributed by atoms with E-state index in [0.717, 1.165) is 69.7 Å². The molecule has 0 unspecified atom stereocenters. The number of likely N-dealkylation sites (tertiary alicyclic amines) is 1. The molecule has 1 aromatic rings. The van der Waals surface area contributed by atoms with Crippen LogP contribution in [0.3, 0.4) is 0 Å². The molecule has 2 aliphatic rings. The van der Waals surface area contributed by atoms with Crippen molar-refractivity contribution in [2.75, 3.05) is 39.9 Å². The van der Waals surface area contributed by atoms with Gasteiger partial charge in [-0.1, -0.05) is 18.2 Å². The summed E-state index contributed by atoms with van der Waals surface area (Å²) in [5.41, 5.74) is 0. The van der Waals surface area contributed by atoms with Gasteiger partial charge in [0.25, 0.3) is 0 Å². The number of nitrogens with one attached hydrogen (secondary N) is 1. The molecule has 2 fully saturated rings. The molecule has 25 heavy (non-hydrogen) atoms. The molecule has 0 amide bonds. The first-order valence-corrected chi connectivity index (χ1v) is 9.60. The molecule has 1 aliphatic carbocycles. The van der Waals surface area contributed by atoms with Gasteiger partial charge in [0.2, 0.25) is 0 Å². The van der Waals surface area contributed by atoms with Crippen LogP contribution in [0.4, 0.5) is 0 Å². The van der Waals surface area contributed by atoms with E-state index >= 15 is 0 Å². The summed E-state index contributed by atoms with van der Waals surface area (Å²) in [5.74, 6) is 2.81. The van der Waals surface area contributed by atoms with Crippen molar-refractivity contribution in [2.45, 2.75) is 38.2 Å². The fourth-order valence-corrected chi connectivity index (χ4v) is 3.12. The molecule has 0 spiro atoms. The second-order valence-corrected chi connectivity index (χ2v) is 6.96. The Bertz CT molecular complexity index is 523. The maximum absolute atomic E-state index is 6.06. The van der Waals surface area contributed by atoms with Gasteiger partial charge in [-0.3, -0.25) is 4.99 Å². The van der Waals surface area contributed by atoms with Crippen LogP contribution >= 0.6 is 0 Å². The number of para-hydroxylation sites is 1. The molecule has 0 aromatic heterocycles. The molecule has 0 bridgehead atoms. The van der Waals surface area contributed by atoms with Crippen molar-refractivity contribution in [3.63, 3.8) is 0 Å². The summed E-state index contributed by atoms with van der Waals surface area (Å²) in [4.78, 5) is 6.76. The quantitative estimate of drug-likeness (QED) is 0.447. The number of nitrogens with zero attached hydrogens (tertiary/aromatic N) is 2. The van der Waals surface area contributed by atoms with Crippen molar-refractivity contribution in [1.82, 2.24) is 10.2 Å². The van der Waals surface area contributed by atoms with Crippen LogP contribution in [0.25, 0.3) is 0 Å². The number of benzene rings is 1. The number of piperidine rings is 1. The number of hydrogen-bond acceptors (Lipinski definition) is 3. The molecular formula is C20H31N3O2. The predicted octanol–water partition coefficient (Wildman–Crippen LogP) is 2.92. The molecule has 5 nitrogen and oxygen atoms in total. The Balaban J connectivity index is 1.31. The van der Waals surface area contributed by atoms with E-state index in [0.29, 0.717) is 6.10 Å². The fraction of sp³-hybridized carbons (Fsp3) is 0.650. The molecule has 3 rings (SSSR count). The molecule has 1 aromatic carbocycles. The molecular weight excluding hydrogens is 314 g/mol. The van der Waals surface area contributed by atoms with Crippen molar-refractivity contribution in [3.05, 3.63) is 30.3 Å². The van der Waals surface area contributed by atoms with Crippen LogP contribution in [0.2, 0.25) is 0 Å². The van der Waals surface area contributed by atoms with Gasteiger partial charge in [-0.25, -0.2) is 0 Å². The van der Waals surface area contributed by atoms with Crippen molar-refractivity contribution in [1.29, 1.82) is 0 Å². The van der Waals surface area contributed by atoms with Crippen LogP contribution in [-0.2, 0) is 4.74 Å². The normalized spacial score (nSPS) is 19.1. The predicted molar refractivity (Wildman–Crippen MR) is 101 cm³/mol. The van der Waals surface area contributed by atoms with Crippen molar-refractivity contribution in [2.24, 2.45) is 10.9 Å². The van der Waals surface area contributed by atoms with E-state index in [-0.39, 0.29) is 0 Å². The first-order valence-electron chi connectivity index (χ1n) is 9.60. The summed E-state index contributed by atoms with van der Waals surface area (Å²) >= 11 is 0. The SMILES string of the molecule is CN=C(NCCCOCC1CC1)N1CCC(Oc2ccccc2)CC1. The average Bonchev–Trinajstić information content (AvgIpc) is 3.47. The molecule has 138 valence electrons. The first-order chi connectivity index (χ1) is 12.3. The lowest BCUT2D eigenvalue weighted by atomic mass is 10.1. The number of aliphatic imine (C=N–C) groups is 1. The number of rotatable bonds is 8. The summed E-state index contributed by atoms with van der Waals surface area (Å²) in [6.07, 6.45) is 6.09. The fourth-order valence-electron chi connectivity index (χ4n) is 3.12. The Kier molecular flexibility index (Phi) is 6.98. The lowest BCUT2D eigenvalue weighted by Gasteiger charge is -2.34. The van der Waals surface area contributed by atoms with Gasteiger partial charge in [-0.05, 0) is 37.3 Å². The summed E-state index contributed by atoms with van der Waals surface area (Å²) < 4.78 is 11.7. The highest BCUT2D eigenvalue weighted by Gasteiger charge is 2.23. The van der Waals surface area contributed by atoms with Gasteiger partial charge in [0, 0.05) is 52.7 Å². The Labute approximate surface area is 151 Å². The highest BCUT2D eigenvalue weighted by molar-refractivity contribution is 5.79. The molecule has 0 atom stereocenters. The van der Waals surface area contributed by atoms with Gasteiger partial charge in [0.05, 0.1) is 0 Å². The topological polar surface area (TPSA) is 46.1 Å². The molecule has 1 aliphatic heterocycles. The monoisotopic (exact) mass is 345 g/mol. The number of ether oxygens (including phenoxy) is 2. The van der Waals surface area contributed by atoms with E-state index < -0.39 is 0 Å².